The normalized spacial score (nSPS) is 13.9. The summed E-state index contributed by atoms with van der Waals surface area (Å²) in [4.78, 5) is 22.1. The van der Waals surface area contributed by atoms with E-state index in [9.17, 15) is 0 Å². The molecule has 0 saturated heterocycles. The minimum atomic E-state index is 0.546. The number of fused-ring (bicyclic) bond motifs is 4. The van der Waals surface area contributed by atoms with Crippen LogP contribution >= 0.6 is 0 Å². The molecule has 4 heterocycles. The minimum absolute atomic E-state index is 0.546. The largest absolute Gasteiger partial charge is 0.453 e. The van der Waals surface area contributed by atoms with E-state index in [1.165, 1.54) is 0 Å². The summed E-state index contributed by atoms with van der Waals surface area (Å²) in [5.41, 5.74) is 11.2. The molecule has 0 N–H and O–H groups in total. The maximum absolute atomic E-state index is 6.31. The highest BCUT2D eigenvalue weighted by Gasteiger charge is 2.28. The number of benzene rings is 7. The van der Waals surface area contributed by atoms with E-state index in [1.807, 2.05) is 97.1 Å². The average molecular weight is 885 g/mol. The van der Waals surface area contributed by atoms with Gasteiger partial charge in [0.1, 0.15) is 11.5 Å². The van der Waals surface area contributed by atoms with Gasteiger partial charge >= 0.3 is 0 Å². The lowest BCUT2D eigenvalue weighted by Crippen LogP contribution is -2.22. The lowest BCUT2D eigenvalue weighted by Gasteiger charge is -2.33. The van der Waals surface area contributed by atoms with Crippen LogP contribution < -0.4 is 28.9 Å². The monoisotopic (exact) mass is 884 g/mol. The van der Waals surface area contributed by atoms with Crippen LogP contribution in [0.3, 0.4) is 0 Å². The Balaban J connectivity index is 0.992. The van der Waals surface area contributed by atoms with E-state index in [0.29, 0.717) is 17.5 Å². The maximum atomic E-state index is 6.31. The smallest absolute Gasteiger partial charge is 0.164 e. The lowest BCUT2D eigenvalue weighted by molar-refractivity contribution is 0.428. The highest BCUT2D eigenvalue weighted by atomic mass is 16.5. The first-order chi connectivity index (χ1) is 33.4. The second-order valence-electron chi connectivity index (χ2n) is 16.2. The summed E-state index contributed by atoms with van der Waals surface area (Å²) in [6, 6.07) is 57.2. The van der Waals surface area contributed by atoms with Gasteiger partial charge in [-0.3, -0.25) is 0 Å². The van der Waals surface area contributed by atoms with E-state index in [4.69, 9.17) is 29.2 Å². The Morgan fingerprint density at radius 1 is 0.368 bits per heavy atom. The molecule has 3 aliphatic rings. The molecule has 9 heteroatoms. The minimum Gasteiger partial charge on any atom is -0.453 e. The summed E-state index contributed by atoms with van der Waals surface area (Å²) < 4.78 is 18.9. The topological polar surface area (TPSA) is 76.1 Å². The molecule has 0 bridgehead atoms. The third-order valence-electron chi connectivity index (χ3n) is 12.0. The van der Waals surface area contributed by atoms with Crippen molar-refractivity contribution in [2.24, 2.45) is 0 Å². The number of ether oxygens (including phenoxy) is 3. The molecule has 68 heavy (non-hydrogen) atoms. The van der Waals surface area contributed by atoms with Crippen molar-refractivity contribution in [2.45, 2.75) is 13.8 Å². The Hall–Kier alpha value is -9.21. The fraction of sp³-hybridized carbons (Fsp3) is 0.0339. The standard InChI is InChI=1S/C59H44N6O3/c1-5-7-21-51-39(3)63(47-17-9-13-23-53(47)66-51)44-33-27-41(28-34-44)57-60-58(42-29-35-45(36-30-42)64-40(4)52(22-8-6-2)67-54-24-14-10-18-48(54)64)62-59(61-57)43-31-37-46(38-32-43)65-49-19-11-15-25-55(49)68-56-26-16-12-20-50(56)65/h5-38H,1-2H2,3-4H3/b21-7-,22-8-. The van der Waals surface area contributed by atoms with Gasteiger partial charge in [-0.15, -0.1) is 0 Å². The zero-order valence-corrected chi connectivity index (χ0v) is 37.5. The van der Waals surface area contributed by atoms with Crippen molar-refractivity contribution >= 4 is 39.8 Å². The fourth-order valence-corrected chi connectivity index (χ4v) is 8.73. The number of anilines is 7. The van der Waals surface area contributed by atoms with Crippen LogP contribution in [0.5, 0.6) is 23.0 Å². The van der Waals surface area contributed by atoms with Crippen LogP contribution in [0.2, 0.25) is 0 Å². The molecule has 328 valence electrons. The summed E-state index contributed by atoms with van der Waals surface area (Å²) in [5, 5.41) is 0. The molecule has 0 atom stereocenters. The number of para-hydroxylation sites is 8. The number of hydrogen-bond acceptors (Lipinski definition) is 9. The van der Waals surface area contributed by atoms with Crippen LogP contribution in [0.15, 0.2) is 242 Å². The fourth-order valence-electron chi connectivity index (χ4n) is 8.73. The Labute approximate surface area is 395 Å². The van der Waals surface area contributed by atoms with Crippen molar-refractivity contribution in [3.8, 4) is 57.2 Å². The summed E-state index contributed by atoms with van der Waals surface area (Å²) in [6.45, 7) is 11.8. The van der Waals surface area contributed by atoms with Gasteiger partial charge in [-0.1, -0.05) is 86.0 Å². The first-order valence-corrected chi connectivity index (χ1v) is 22.3. The van der Waals surface area contributed by atoms with Crippen molar-refractivity contribution in [3.63, 3.8) is 0 Å². The molecule has 0 fully saturated rings. The second kappa shape index (κ2) is 17.6. The zero-order chi connectivity index (χ0) is 46.1. The number of aromatic nitrogens is 3. The van der Waals surface area contributed by atoms with Gasteiger partial charge < -0.3 is 28.9 Å². The van der Waals surface area contributed by atoms with Gasteiger partial charge in [0.2, 0.25) is 0 Å². The summed E-state index contributed by atoms with van der Waals surface area (Å²) in [6.07, 6.45) is 11.1. The van der Waals surface area contributed by atoms with Gasteiger partial charge in [0, 0.05) is 33.8 Å². The first-order valence-electron chi connectivity index (χ1n) is 22.3. The Morgan fingerprint density at radius 2 is 0.662 bits per heavy atom. The summed E-state index contributed by atoms with van der Waals surface area (Å²) >= 11 is 0. The molecule has 11 rings (SSSR count). The van der Waals surface area contributed by atoms with E-state index >= 15 is 0 Å². The van der Waals surface area contributed by atoms with Crippen LogP contribution in [0.4, 0.5) is 39.8 Å². The molecule has 9 nitrogen and oxygen atoms in total. The van der Waals surface area contributed by atoms with Crippen LogP contribution in [-0.4, -0.2) is 15.0 Å². The molecule has 3 aliphatic heterocycles. The molecular formula is C59H44N6O3. The second-order valence-corrected chi connectivity index (χ2v) is 16.2. The zero-order valence-electron chi connectivity index (χ0n) is 37.5. The predicted molar refractivity (Wildman–Crippen MR) is 273 cm³/mol. The molecule has 0 unspecified atom stereocenters. The number of hydrogen-bond donors (Lipinski definition) is 0. The van der Waals surface area contributed by atoms with Crippen molar-refractivity contribution in [2.75, 3.05) is 14.7 Å². The molecular weight excluding hydrogens is 841 g/mol. The van der Waals surface area contributed by atoms with Gasteiger partial charge in [0.25, 0.3) is 0 Å². The molecule has 0 amide bonds. The molecule has 0 radical (unpaired) electrons. The summed E-state index contributed by atoms with van der Waals surface area (Å²) in [5.74, 6) is 6.25. The Bertz CT molecular complexity index is 3190. The van der Waals surface area contributed by atoms with Crippen molar-refractivity contribution in [1.29, 1.82) is 0 Å². The van der Waals surface area contributed by atoms with E-state index in [-0.39, 0.29) is 0 Å². The van der Waals surface area contributed by atoms with Gasteiger partial charge in [-0.2, -0.15) is 0 Å². The number of nitrogens with zero attached hydrogens (tertiary/aromatic N) is 6. The van der Waals surface area contributed by atoms with E-state index in [0.717, 1.165) is 102 Å². The predicted octanol–water partition coefficient (Wildman–Crippen LogP) is 15.5. The van der Waals surface area contributed by atoms with Crippen LogP contribution in [0.25, 0.3) is 34.2 Å². The molecule has 0 spiro atoms. The molecule has 0 aliphatic carbocycles. The Morgan fingerprint density at radius 3 is 1.00 bits per heavy atom. The van der Waals surface area contributed by atoms with Gasteiger partial charge in [-0.25, -0.2) is 15.0 Å². The number of rotatable bonds is 10. The molecule has 1 aromatic heterocycles. The molecule has 7 aromatic carbocycles. The van der Waals surface area contributed by atoms with Crippen LogP contribution in [0, 0.1) is 0 Å². The van der Waals surface area contributed by atoms with Gasteiger partial charge in [-0.05, 0) is 147 Å². The van der Waals surface area contributed by atoms with Crippen molar-refractivity contribution in [1.82, 2.24) is 15.0 Å². The third kappa shape index (κ3) is 7.57. The van der Waals surface area contributed by atoms with Crippen molar-refractivity contribution < 1.29 is 14.2 Å². The first kappa shape index (κ1) is 41.5. The van der Waals surface area contributed by atoms with Gasteiger partial charge in [0.15, 0.2) is 40.5 Å². The Kier molecular flexibility index (Phi) is 10.8. The summed E-state index contributed by atoms with van der Waals surface area (Å²) in [7, 11) is 0. The van der Waals surface area contributed by atoms with E-state index < -0.39 is 0 Å². The van der Waals surface area contributed by atoms with E-state index in [1.54, 1.807) is 12.2 Å². The highest BCUT2D eigenvalue weighted by molar-refractivity contribution is 5.87. The van der Waals surface area contributed by atoms with Crippen LogP contribution in [-0.2, 0) is 0 Å². The van der Waals surface area contributed by atoms with Gasteiger partial charge in [0.05, 0.1) is 34.1 Å². The number of allylic oxidation sites excluding steroid dienone is 8. The lowest BCUT2D eigenvalue weighted by atomic mass is 10.1. The van der Waals surface area contributed by atoms with Crippen LogP contribution in [0.1, 0.15) is 13.8 Å². The maximum Gasteiger partial charge on any atom is 0.164 e. The highest BCUT2D eigenvalue weighted by Crippen LogP contribution is 2.50. The molecule has 8 aromatic rings. The average Bonchev–Trinajstić information content (AvgIpc) is 3.39. The quantitative estimate of drug-likeness (QED) is 0.125. The SMILES string of the molecule is C=C/C=C\C1=C(C)N(c2ccc(-c3nc(-c4ccc(N5C(C)=C(/C=C\C=C)Oc6ccccc65)cc4)nc(-c4ccc(N5c6ccccc6Oc6ccccc65)cc4)n3)cc2)c2ccccc2O1. The molecule has 0 saturated carbocycles. The van der Waals surface area contributed by atoms with Crippen molar-refractivity contribution in [3.05, 3.63) is 242 Å². The van der Waals surface area contributed by atoms with E-state index in [2.05, 4.69) is 139 Å². The third-order valence-corrected chi connectivity index (χ3v) is 12.0.